The molecule has 0 aliphatic carbocycles. The molecule has 4 unspecified atom stereocenters. The number of carboxylic acids is 2. The van der Waals surface area contributed by atoms with Crippen LogP contribution in [-0.4, -0.2) is 88.2 Å². The number of nitrogens with one attached hydrogen (secondary N) is 3. The fourth-order valence-electron chi connectivity index (χ4n) is 2.73. The Labute approximate surface area is 195 Å². The first kappa shape index (κ1) is 30.7. The Morgan fingerprint density at radius 3 is 1.79 bits per heavy atom. The van der Waals surface area contributed by atoms with E-state index in [4.69, 9.17) is 22.3 Å². The Kier molecular flexibility index (Phi) is 14.7. The summed E-state index contributed by atoms with van der Waals surface area (Å²) in [4.78, 5) is 70.4. The summed E-state index contributed by atoms with van der Waals surface area (Å²) >= 11 is 0. The summed E-state index contributed by atoms with van der Waals surface area (Å²) in [6.07, 6.45) is -0.198. The molecule has 0 radical (unpaired) electrons. The van der Waals surface area contributed by atoms with E-state index >= 15 is 0 Å². The maximum atomic E-state index is 12.6. The molecule has 12 N–H and O–H groups in total. The second-order valence-corrected chi connectivity index (χ2v) is 7.53. The third kappa shape index (κ3) is 12.7. The first-order valence-corrected chi connectivity index (χ1v) is 10.6. The summed E-state index contributed by atoms with van der Waals surface area (Å²) in [5, 5.41) is 34.3. The van der Waals surface area contributed by atoms with E-state index in [0.717, 1.165) is 0 Å². The van der Waals surface area contributed by atoms with Gasteiger partial charge in [0.05, 0.1) is 12.6 Å². The molecule has 0 fully saturated rings. The molecule has 0 aromatic heterocycles. The highest BCUT2D eigenvalue weighted by Crippen LogP contribution is 2.05. The molecule has 0 bridgehead atoms. The van der Waals surface area contributed by atoms with Gasteiger partial charge in [-0.2, -0.15) is 0 Å². The van der Waals surface area contributed by atoms with Gasteiger partial charge in [0.1, 0.15) is 18.1 Å². The number of carboxylic acid groups (broad SMARTS) is 2. The van der Waals surface area contributed by atoms with Crippen molar-refractivity contribution in [3.05, 3.63) is 0 Å². The molecular formula is C19H34N6O9. The largest absolute Gasteiger partial charge is 0.481 e. The van der Waals surface area contributed by atoms with Gasteiger partial charge in [-0.1, -0.05) is 0 Å². The molecule has 0 heterocycles. The van der Waals surface area contributed by atoms with E-state index in [-0.39, 0.29) is 25.7 Å². The van der Waals surface area contributed by atoms with Gasteiger partial charge in [-0.25, -0.2) is 4.79 Å². The Bertz CT molecular complexity index is 733. The van der Waals surface area contributed by atoms with Crippen molar-refractivity contribution in [1.29, 1.82) is 0 Å². The van der Waals surface area contributed by atoms with Crippen LogP contribution in [0.25, 0.3) is 0 Å². The van der Waals surface area contributed by atoms with Crippen LogP contribution in [-0.2, 0) is 28.8 Å². The van der Waals surface area contributed by atoms with Crippen molar-refractivity contribution in [1.82, 2.24) is 16.0 Å². The van der Waals surface area contributed by atoms with Gasteiger partial charge in [0.15, 0.2) is 0 Å². The van der Waals surface area contributed by atoms with E-state index in [0.29, 0.717) is 19.4 Å². The zero-order valence-electron chi connectivity index (χ0n) is 18.7. The minimum atomic E-state index is -1.55. The van der Waals surface area contributed by atoms with Crippen molar-refractivity contribution in [2.24, 2.45) is 17.2 Å². The van der Waals surface area contributed by atoms with Gasteiger partial charge >= 0.3 is 11.9 Å². The molecule has 15 heteroatoms. The van der Waals surface area contributed by atoms with Gasteiger partial charge in [0.25, 0.3) is 0 Å². The van der Waals surface area contributed by atoms with Crippen LogP contribution in [0.15, 0.2) is 0 Å². The Balaban J connectivity index is 5.27. The van der Waals surface area contributed by atoms with Crippen LogP contribution in [0.5, 0.6) is 0 Å². The van der Waals surface area contributed by atoms with Crippen LogP contribution in [0.2, 0.25) is 0 Å². The lowest BCUT2D eigenvalue weighted by atomic mass is 10.1. The van der Waals surface area contributed by atoms with Crippen LogP contribution >= 0.6 is 0 Å². The molecule has 0 aliphatic heterocycles. The lowest BCUT2D eigenvalue weighted by Gasteiger charge is -2.24. The number of hydrogen-bond acceptors (Lipinski definition) is 9. The molecule has 4 amide bonds. The zero-order chi connectivity index (χ0) is 26.3. The Morgan fingerprint density at radius 1 is 0.735 bits per heavy atom. The molecule has 0 aromatic carbocycles. The summed E-state index contributed by atoms with van der Waals surface area (Å²) in [6, 6.07) is -5.51. The van der Waals surface area contributed by atoms with E-state index in [1.54, 1.807) is 0 Å². The van der Waals surface area contributed by atoms with Crippen LogP contribution in [0.3, 0.4) is 0 Å². The number of nitrogens with two attached hydrogens (primary N) is 3. The summed E-state index contributed by atoms with van der Waals surface area (Å²) in [6.45, 7) is -0.553. The molecule has 0 spiro atoms. The Morgan fingerprint density at radius 2 is 1.29 bits per heavy atom. The number of unbranched alkanes of at least 4 members (excludes halogenated alkanes) is 1. The zero-order valence-corrected chi connectivity index (χ0v) is 18.7. The van der Waals surface area contributed by atoms with Crippen molar-refractivity contribution in [2.45, 2.75) is 69.1 Å². The lowest BCUT2D eigenvalue weighted by molar-refractivity contribution is -0.143. The third-order valence-corrected chi connectivity index (χ3v) is 4.70. The highest BCUT2D eigenvalue weighted by Gasteiger charge is 2.30. The van der Waals surface area contributed by atoms with E-state index in [9.17, 15) is 39.0 Å². The molecule has 34 heavy (non-hydrogen) atoms. The SMILES string of the molecule is NCCCCC(NC(=O)C(CCC(=O)O)NC(=O)C(CO)NC(=O)C(N)CCC(N)=O)C(=O)O. The average molecular weight is 491 g/mol. The predicted molar refractivity (Wildman–Crippen MR) is 117 cm³/mol. The first-order valence-electron chi connectivity index (χ1n) is 10.6. The maximum Gasteiger partial charge on any atom is 0.326 e. The number of amides is 4. The summed E-state index contributed by atoms with van der Waals surface area (Å²) in [7, 11) is 0. The molecule has 0 saturated carbocycles. The average Bonchev–Trinajstić information content (AvgIpc) is 2.76. The van der Waals surface area contributed by atoms with Crippen molar-refractivity contribution in [2.75, 3.05) is 13.2 Å². The van der Waals surface area contributed by atoms with Crippen LogP contribution in [0.4, 0.5) is 0 Å². The number of carbonyl (C=O) groups excluding carboxylic acids is 4. The molecule has 0 rings (SSSR count). The highest BCUT2D eigenvalue weighted by atomic mass is 16.4. The highest BCUT2D eigenvalue weighted by molar-refractivity contribution is 5.94. The summed E-state index contributed by atoms with van der Waals surface area (Å²) < 4.78 is 0. The van der Waals surface area contributed by atoms with Crippen LogP contribution < -0.4 is 33.2 Å². The maximum absolute atomic E-state index is 12.6. The summed E-state index contributed by atoms with van der Waals surface area (Å²) in [5.41, 5.74) is 16.0. The van der Waals surface area contributed by atoms with Gasteiger partial charge < -0.3 is 48.5 Å². The lowest BCUT2D eigenvalue weighted by Crippen LogP contribution is -2.58. The second-order valence-electron chi connectivity index (χ2n) is 7.53. The van der Waals surface area contributed by atoms with Crippen molar-refractivity contribution in [3.8, 4) is 0 Å². The number of aliphatic hydroxyl groups excluding tert-OH is 1. The van der Waals surface area contributed by atoms with E-state index < -0.39 is 72.8 Å². The molecule has 0 aliphatic rings. The van der Waals surface area contributed by atoms with Crippen LogP contribution in [0.1, 0.15) is 44.9 Å². The summed E-state index contributed by atoms with van der Waals surface area (Å²) in [5.74, 6) is -6.12. The van der Waals surface area contributed by atoms with Gasteiger partial charge in [-0.15, -0.1) is 0 Å². The topological polar surface area (TPSA) is 277 Å². The molecule has 0 saturated heterocycles. The number of rotatable bonds is 18. The van der Waals surface area contributed by atoms with Crippen LogP contribution in [0, 0.1) is 0 Å². The molecule has 0 aromatic rings. The normalized spacial score (nSPS) is 14.2. The smallest absolute Gasteiger partial charge is 0.326 e. The number of hydrogen-bond donors (Lipinski definition) is 9. The Hall–Kier alpha value is -3.30. The van der Waals surface area contributed by atoms with E-state index in [1.165, 1.54) is 0 Å². The monoisotopic (exact) mass is 490 g/mol. The minimum Gasteiger partial charge on any atom is -0.481 e. The fraction of sp³-hybridized carbons (Fsp3) is 0.684. The molecular weight excluding hydrogens is 456 g/mol. The van der Waals surface area contributed by atoms with E-state index in [2.05, 4.69) is 16.0 Å². The molecule has 4 atom stereocenters. The van der Waals surface area contributed by atoms with Crippen molar-refractivity contribution in [3.63, 3.8) is 0 Å². The number of aliphatic carboxylic acids is 2. The van der Waals surface area contributed by atoms with Crippen molar-refractivity contribution >= 4 is 35.6 Å². The molecule has 15 nitrogen and oxygen atoms in total. The van der Waals surface area contributed by atoms with Gasteiger partial charge in [-0.3, -0.25) is 24.0 Å². The van der Waals surface area contributed by atoms with Gasteiger partial charge in [0, 0.05) is 12.8 Å². The quantitative estimate of drug-likeness (QED) is 0.0837. The fourth-order valence-corrected chi connectivity index (χ4v) is 2.73. The molecule has 194 valence electrons. The van der Waals surface area contributed by atoms with Gasteiger partial charge in [-0.05, 0) is 38.6 Å². The third-order valence-electron chi connectivity index (χ3n) is 4.70. The standard InChI is InChI=1S/C19H34N6O9/c20-8-2-1-3-12(19(33)34)24-17(31)11(5-7-15(28)29)23-18(32)13(9-26)25-16(30)10(21)4-6-14(22)27/h10-13,26H,1-9,20-21H2,(H2,22,27)(H,23,32)(H,24,31)(H,25,30)(H,28,29)(H,33,34). The number of primary amides is 1. The number of aliphatic hydroxyl groups is 1. The van der Waals surface area contributed by atoms with E-state index in [1.807, 2.05) is 0 Å². The number of carbonyl (C=O) groups is 6. The van der Waals surface area contributed by atoms with Gasteiger partial charge in [0.2, 0.25) is 23.6 Å². The second kappa shape index (κ2) is 16.3. The van der Waals surface area contributed by atoms with Crippen molar-refractivity contribution < 1.29 is 44.1 Å². The minimum absolute atomic E-state index is 0.0659. The first-order chi connectivity index (χ1) is 15.9. The predicted octanol–water partition coefficient (Wildman–Crippen LogP) is -3.90.